The van der Waals surface area contributed by atoms with Gasteiger partial charge in [-0.25, -0.2) is 8.42 Å². The molecule has 3 rings (SSSR count). The second-order valence-electron chi connectivity index (χ2n) is 6.30. The largest absolute Gasteiger partial charge is 0.480 e. The maximum atomic E-state index is 12.7. The molecule has 4 atom stereocenters. The van der Waals surface area contributed by atoms with Crippen molar-refractivity contribution in [1.82, 2.24) is 4.90 Å². The lowest BCUT2D eigenvalue weighted by molar-refractivity contribution is -0.148. The van der Waals surface area contributed by atoms with Gasteiger partial charge >= 0.3 is 5.97 Å². The van der Waals surface area contributed by atoms with Crippen molar-refractivity contribution < 1.29 is 23.1 Å². The number of aliphatic carboxylic acids is 1. The molecule has 7 heteroatoms. The molecule has 0 aromatic rings. The molecule has 1 heterocycles. The van der Waals surface area contributed by atoms with Gasteiger partial charge in [0.2, 0.25) is 5.91 Å². The Morgan fingerprint density at radius 2 is 2.00 bits per heavy atom. The first-order valence-corrected chi connectivity index (χ1v) is 9.09. The van der Waals surface area contributed by atoms with Crippen LogP contribution in [-0.2, 0) is 19.4 Å². The Morgan fingerprint density at radius 3 is 2.48 bits per heavy atom. The van der Waals surface area contributed by atoms with Crippen molar-refractivity contribution in [2.45, 2.75) is 25.3 Å². The molecule has 0 aromatic carbocycles. The second-order valence-corrected chi connectivity index (χ2v) is 8.53. The number of fused-ring (bicyclic) bond motifs is 2. The van der Waals surface area contributed by atoms with Gasteiger partial charge in [-0.1, -0.05) is 12.2 Å². The maximum absolute atomic E-state index is 12.7. The van der Waals surface area contributed by atoms with E-state index in [9.17, 15) is 18.0 Å². The number of allylic oxidation sites excluding steroid dienone is 2. The SMILES string of the molecule is O=C(O)CN(C(=O)C1CC2C=CC1C2)C1CCS(=O)(=O)C1. The highest BCUT2D eigenvalue weighted by molar-refractivity contribution is 7.91. The summed E-state index contributed by atoms with van der Waals surface area (Å²) in [6.07, 6.45) is 6.23. The third-order valence-corrected chi connectivity index (χ3v) is 6.58. The molecule has 1 N–H and O–H groups in total. The second kappa shape index (κ2) is 5.12. The molecular weight excluding hydrogens is 294 g/mol. The Labute approximate surface area is 123 Å². The van der Waals surface area contributed by atoms with E-state index in [1.165, 1.54) is 4.90 Å². The molecule has 4 unspecified atom stereocenters. The van der Waals surface area contributed by atoms with Crippen LogP contribution in [-0.4, -0.2) is 54.4 Å². The van der Waals surface area contributed by atoms with Gasteiger partial charge in [-0.05, 0) is 31.1 Å². The molecule has 1 amide bonds. The van der Waals surface area contributed by atoms with Gasteiger partial charge in [0.25, 0.3) is 0 Å². The predicted molar refractivity (Wildman–Crippen MR) is 75.3 cm³/mol. The Kier molecular flexibility index (Phi) is 3.55. The average Bonchev–Trinajstić information content (AvgIpc) is 3.09. The number of amides is 1. The summed E-state index contributed by atoms with van der Waals surface area (Å²) in [5.41, 5.74) is 0. The summed E-state index contributed by atoms with van der Waals surface area (Å²) in [6, 6.07) is -0.485. The minimum absolute atomic E-state index is 0.0394. The monoisotopic (exact) mass is 313 g/mol. The summed E-state index contributed by atoms with van der Waals surface area (Å²) in [5, 5.41) is 9.04. The number of nitrogens with zero attached hydrogens (tertiary/aromatic N) is 1. The highest BCUT2D eigenvalue weighted by Gasteiger charge is 2.44. The number of rotatable bonds is 4. The Balaban J connectivity index is 1.77. The van der Waals surface area contributed by atoms with Crippen molar-refractivity contribution in [1.29, 1.82) is 0 Å². The fraction of sp³-hybridized carbons (Fsp3) is 0.714. The van der Waals surface area contributed by atoms with Gasteiger partial charge in [0.05, 0.1) is 11.5 Å². The Morgan fingerprint density at radius 1 is 1.24 bits per heavy atom. The fourth-order valence-electron chi connectivity index (χ4n) is 3.83. The van der Waals surface area contributed by atoms with Gasteiger partial charge in [0.15, 0.2) is 9.84 Å². The number of carboxylic acids is 1. The normalized spacial score (nSPS) is 36.0. The van der Waals surface area contributed by atoms with Crippen LogP contribution >= 0.6 is 0 Å². The van der Waals surface area contributed by atoms with Crippen LogP contribution in [0.2, 0.25) is 0 Å². The maximum Gasteiger partial charge on any atom is 0.323 e. The number of carboxylic acid groups (broad SMARTS) is 1. The Bertz CT molecular complexity index is 596. The standard InChI is InChI=1S/C14H19NO5S/c16-13(17)7-15(11-3-4-21(19,20)8-11)14(18)12-6-9-1-2-10(12)5-9/h1-2,9-12H,3-8H2,(H,16,17). The minimum Gasteiger partial charge on any atom is -0.480 e. The van der Waals surface area contributed by atoms with E-state index in [0.717, 1.165) is 12.8 Å². The van der Waals surface area contributed by atoms with E-state index in [1.54, 1.807) is 0 Å². The van der Waals surface area contributed by atoms with Crippen molar-refractivity contribution in [2.24, 2.45) is 17.8 Å². The highest BCUT2D eigenvalue weighted by Crippen LogP contribution is 2.44. The first-order valence-electron chi connectivity index (χ1n) is 7.27. The van der Waals surface area contributed by atoms with Gasteiger partial charge in [0.1, 0.15) is 6.54 Å². The van der Waals surface area contributed by atoms with Crippen molar-refractivity contribution in [3.8, 4) is 0 Å². The van der Waals surface area contributed by atoms with E-state index >= 15 is 0 Å². The number of sulfone groups is 1. The van der Waals surface area contributed by atoms with E-state index in [2.05, 4.69) is 6.08 Å². The lowest BCUT2D eigenvalue weighted by Gasteiger charge is -2.31. The zero-order valence-corrected chi connectivity index (χ0v) is 12.5. The molecule has 21 heavy (non-hydrogen) atoms. The van der Waals surface area contributed by atoms with Crippen LogP contribution in [0.3, 0.4) is 0 Å². The van der Waals surface area contributed by atoms with Crippen LogP contribution in [0, 0.1) is 17.8 Å². The summed E-state index contributed by atoms with van der Waals surface area (Å²) in [7, 11) is -3.14. The molecule has 1 saturated heterocycles. The van der Waals surface area contributed by atoms with Crippen LogP contribution < -0.4 is 0 Å². The van der Waals surface area contributed by atoms with Gasteiger partial charge in [0, 0.05) is 12.0 Å². The zero-order chi connectivity index (χ0) is 15.2. The molecule has 0 radical (unpaired) electrons. The quantitative estimate of drug-likeness (QED) is 0.754. The highest BCUT2D eigenvalue weighted by atomic mass is 32.2. The molecule has 1 aliphatic heterocycles. The fourth-order valence-corrected chi connectivity index (χ4v) is 5.56. The molecule has 1 saturated carbocycles. The number of hydrogen-bond donors (Lipinski definition) is 1. The number of carbonyl (C=O) groups excluding carboxylic acids is 1. The van der Waals surface area contributed by atoms with Gasteiger partial charge in [-0.2, -0.15) is 0 Å². The van der Waals surface area contributed by atoms with E-state index in [4.69, 9.17) is 5.11 Å². The van der Waals surface area contributed by atoms with Crippen LogP contribution in [0.1, 0.15) is 19.3 Å². The predicted octanol–water partition coefficient (Wildman–Crippen LogP) is 0.299. The van der Waals surface area contributed by atoms with Crippen LogP contribution in [0.4, 0.5) is 0 Å². The van der Waals surface area contributed by atoms with Gasteiger partial charge < -0.3 is 10.0 Å². The first-order chi connectivity index (χ1) is 9.85. The molecule has 116 valence electrons. The minimum atomic E-state index is -3.14. The molecule has 0 aromatic heterocycles. The summed E-state index contributed by atoms with van der Waals surface area (Å²) in [5.74, 6) is -0.912. The van der Waals surface area contributed by atoms with E-state index < -0.39 is 28.4 Å². The first kappa shape index (κ1) is 14.6. The Hall–Kier alpha value is -1.37. The summed E-state index contributed by atoms with van der Waals surface area (Å²) >= 11 is 0. The van der Waals surface area contributed by atoms with E-state index in [-0.39, 0.29) is 29.2 Å². The molecule has 0 spiro atoms. The molecule has 2 bridgehead atoms. The molecule has 2 aliphatic carbocycles. The molecule has 3 aliphatic rings. The molecular formula is C14H19NO5S. The molecule has 2 fully saturated rings. The van der Waals surface area contributed by atoms with E-state index in [1.807, 2.05) is 6.08 Å². The smallest absolute Gasteiger partial charge is 0.323 e. The lowest BCUT2D eigenvalue weighted by Crippen LogP contribution is -2.47. The third-order valence-electron chi connectivity index (χ3n) is 4.83. The zero-order valence-electron chi connectivity index (χ0n) is 11.6. The van der Waals surface area contributed by atoms with Crippen molar-refractivity contribution >= 4 is 21.7 Å². The van der Waals surface area contributed by atoms with Crippen LogP contribution in [0.15, 0.2) is 12.2 Å². The van der Waals surface area contributed by atoms with Crippen LogP contribution in [0.25, 0.3) is 0 Å². The lowest BCUT2D eigenvalue weighted by atomic mass is 9.91. The van der Waals surface area contributed by atoms with Crippen LogP contribution in [0.5, 0.6) is 0 Å². The van der Waals surface area contributed by atoms with Gasteiger partial charge in [-0.15, -0.1) is 0 Å². The summed E-state index contributed by atoms with van der Waals surface area (Å²) in [4.78, 5) is 25.1. The average molecular weight is 313 g/mol. The van der Waals surface area contributed by atoms with Crippen molar-refractivity contribution in [2.75, 3.05) is 18.1 Å². The van der Waals surface area contributed by atoms with Gasteiger partial charge in [-0.3, -0.25) is 9.59 Å². The summed E-state index contributed by atoms with van der Waals surface area (Å²) in [6.45, 7) is -0.406. The van der Waals surface area contributed by atoms with Crippen molar-refractivity contribution in [3.63, 3.8) is 0 Å². The number of hydrogen-bond acceptors (Lipinski definition) is 4. The van der Waals surface area contributed by atoms with Crippen molar-refractivity contribution in [3.05, 3.63) is 12.2 Å². The summed E-state index contributed by atoms with van der Waals surface area (Å²) < 4.78 is 23.2. The van der Waals surface area contributed by atoms with E-state index in [0.29, 0.717) is 12.3 Å². The number of carbonyl (C=O) groups is 2. The molecule has 6 nitrogen and oxygen atoms in total. The third kappa shape index (κ3) is 2.84. The topological polar surface area (TPSA) is 91.8 Å².